The second-order valence-corrected chi connectivity index (χ2v) is 20.0. The van der Waals surface area contributed by atoms with E-state index in [1.807, 2.05) is 98.9 Å². The maximum absolute atomic E-state index is 13.4. The molecule has 2 atom stereocenters. The van der Waals surface area contributed by atoms with Crippen LogP contribution in [0.1, 0.15) is 138 Å². The van der Waals surface area contributed by atoms with Crippen molar-refractivity contribution in [1.29, 1.82) is 0 Å². The highest BCUT2D eigenvalue weighted by molar-refractivity contribution is 6.06. The summed E-state index contributed by atoms with van der Waals surface area (Å²) in [5.41, 5.74) is 13.3. The molecule has 0 bridgehead atoms. The number of aromatic nitrogens is 3. The Kier molecular flexibility index (Phi) is 15.3. The number of benzene rings is 4. The standard InChI is InChI=1S/C29H30N4O2.C23H25NO2.C9H6O/c1-5-22-26(18(2)34)27(28-23(30-22)15-29(3,4)16-25(28)35)20-13-11-19(12-14-20)24-17-33(32-31-24)21-9-7-6-8-10-21;1-6-15-8-10-16(11-9-15)21-20(14(3)25)17(7-2)24-18-12-23(4,5)13-19(26)22(18)21;1-2-8-3-5-9(7-10)6-4-8/h6-14,17,27,30H,5,15-16H2,1-4H3;1,8-11,21,24H,7,12-13H2,2-5H3;1,3-7H. The molecule has 5 aromatic rings. The fourth-order valence-corrected chi connectivity index (χ4v) is 10.1. The molecule has 4 aliphatic rings. The van der Waals surface area contributed by atoms with Gasteiger partial charge >= 0.3 is 0 Å². The van der Waals surface area contributed by atoms with Gasteiger partial charge in [0, 0.05) is 92.0 Å². The first-order valence-corrected chi connectivity index (χ1v) is 24.1. The van der Waals surface area contributed by atoms with Gasteiger partial charge in [-0.05, 0) is 97.9 Å². The Labute approximate surface area is 417 Å². The third-order valence-electron chi connectivity index (χ3n) is 13.4. The van der Waals surface area contributed by atoms with E-state index in [0.717, 1.165) is 98.7 Å². The van der Waals surface area contributed by atoms with Crippen LogP contribution in [0.15, 0.2) is 154 Å². The van der Waals surface area contributed by atoms with Crippen LogP contribution in [0.2, 0.25) is 0 Å². The first kappa shape index (κ1) is 50.9. The third kappa shape index (κ3) is 11.2. The summed E-state index contributed by atoms with van der Waals surface area (Å²) in [7, 11) is 0. The molecule has 2 aliphatic carbocycles. The SMILES string of the molecule is C#Cc1ccc(C2C(C(C)=O)=C(CC)NC3=C2C(=O)CC(C)(C)C3)cc1.C#Cc1ccc(C=O)cc1.CCC1=C(C(C)=O)C(c2ccc(-c3cn(-c4ccccc4)nn3)cc2)C2=C(CC(C)(C)CC2=O)N1. The van der Waals surface area contributed by atoms with Gasteiger partial charge in [-0.1, -0.05) is 125 Å². The lowest BCUT2D eigenvalue weighted by Crippen LogP contribution is -2.38. The minimum atomic E-state index is -0.351. The number of hydrogen-bond donors (Lipinski definition) is 2. The van der Waals surface area contributed by atoms with E-state index in [2.05, 4.69) is 60.5 Å². The van der Waals surface area contributed by atoms with E-state index in [-0.39, 0.29) is 45.8 Å². The monoisotopic (exact) mass is 943 g/mol. The zero-order valence-electron chi connectivity index (χ0n) is 41.9. The number of carbonyl (C=O) groups is 5. The van der Waals surface area contributed by atoms with Crippen molar-refractivity contribution < 1.29 is 24.0 Å². The summed E-state index contributed by atoms with van der Waals surface area (Å²) >= 11 is 0. The van der Waals surface area contributed by atoms with E-state index in [1.165, 1.54) is 0 Å². The molecular weight excluding hydrogens is 883 g/mol. The number of aldehydes is 1. The van der Waals surface area contributed by atoms with Crippen LogP contribution in [0.25, 0.3) is 16.9 Å². The fourth-order valence-electron chi connectivity index (χ4n) is 10.1. The highest BCUT2D eigenvalue weighted by atomic mass is 16.1. The Morgan fingerprint density at radius 1 is 0.662 bits per heavy atom. The molecule has 0 radical (unpaired) electrons. The van der Waals surface area contributed by atoms with Crippen LogP contribution in [0.5, 0.6) is 0 Å². The first-order valence-electron chi connectivity index (χ1n) is 24.1. The zero-order valence-corrected chi connectivity index (χ0v) is 41.9. The minimum absolute atomic E-state index is 0.00147. The number of nitrogens with one attached hydrogen (secondary N) is 2. The van der Waals surface area contributed by atoms with Crippen LogP contribution in [-0.2, 0) is 19.2 Å². The summed E-state index contributed by atoms with van der Waals surface area (Å²) in [5, 5.41) is 15.5. The zero-order chi connectivity index (χ0) is 51.2. The van der Waals surface area contributed by atoms with Crippen molar-refractivity contribution in [2.45, 2.75) is 106 Å². The van der Waals surface area contributed by atoms with E-state index in [9.17, 15) is 24.0 Å². The van der Waals surface area contributed by atoms with Crippen LogP contribution in [-0.4, -0.2) is 44.4 Å². The summed E-state index contributed by atoms with van der Waals surface area (Å²) in [6, 6.07) is 32.4. The van der Waals surface area contributed by atoms with Gasteiger partial charge in [-0.25, -0.2) is 4.68 Å². The highest BCUT2D eigenvalue weighted by Crippen LogP contribution is 2.49. The Morgan fingerprint density at radius 2 is 1.10 bits per heavy atom. The van der Waals surface area contributed by atoms with E-state index in [4.69, 9.17) is 12.8 Å². The number of para-hydroxylation sites is 1. The number of allylic oxidation sites excluding steroid dienone is 8. The fraction of sp³-hybridized carbons (Fsp3) is 0.295. The Bertz CT molecular complexity index is 3110. The van der Waals surface area contributed by atoms with Gasteiger partial charge in [0.25, 0.3) is 0 Å². The topological polar surface area (TPSA) is 140 Å². The summed E-state index contributed by atoms with van der Waals surface area (Å²) in [6.45, 7) is 15.7. The smallest absolute Gasteiger partial charge is 0.162 e. The number of rotatable bonds is 9. The number of nitrogens with zero attached hydrogens (tertiary/aromatic N) is 3. The quantitative estimate of drug-likeness (QED) is 0.109. The number of carbonyl (C=O) groups excluding carboxylic acids is 5. The summed E-state index contributed by atoms with van der Waals surface area (Å²) in [4.78, 5) is 61.9. The molecule has 3 heterocycles. The number of Topliss-reactive ketones (excluding diaryl/α,β-unsaturated/α-hetero) is 4. The number of dihydropyridines is 2. The predicted molar refractivity (Wildman–Crippen MR) is 279 cm³/mol. The van der Waals surface area contributed by atoms with Crippen molar-refractivity contribution in [2.24, 2.45) is 10.8 Å². The number of terminal acetylenes is 2. The van der Waals surface area contributed by atoms with Gasteiger partial charge in [0.15, 0.2) is 23.1 Å². The minimum Gasteiger partial charge on any atom is -0.362 e. The molecule has 10 nitrogen and oxygen atoms in total. The summed E-state index contributed by atoms with van der Waals surface area (Å²) < 4.78 is 1.75. The lowest BCUT2D eigenvalue weighted by Gasteiger charge is -2.40. The van der Waals surface area contributed by atoms with Gasteiger partial charge in [-0.3, -0.25) is 24.0 Å². The molecule has 71 heavy (non-hydrogen) atoms. The predicted octanol–water partition coefficient (Wildman–Crippen LogP) is 11.2. The molecule has 4 aromatic carbocycles. The van der Waals surface area contributed by atoms with Crippen LogP contribution >= 0.6 is 0 Å². The molecule has 0 spiro atoms. The van der Waals surface area contributed by atoms with Crippen molar-refractivity contribution in [2.75, 3.05) is 0 Å². The number of ketones is 4. The molecule has 2 unspecified atom stereocenters. The summed E-state index contributed by atoms with van der Waals surface area (Å²) in [5.74, 6) is 4.67. The molecule has 2 N–H and O–H groups in total. The lowest BCUT2D eigenvalue weighted by atomic mass is 9.68. The Balaban J connectivity index is 0.000000180. The molecule has 1 aromatic heterocycles. The van der Waals surface area contributed by atoms with Crippen molar-refractivity contribution in [3.05, 3.63) is 182 Å². The van der Waals surface area contributed by atoms with Crippen molar-refractivity contribution in [3.63, 3.8) is 0 Å². The third-order valence-corrected chi connectivity index (χ3v) is 13.4. The van der Waals surface area contributed by atoms with E-state index >= 15 is 0 Å². The molecular formula is C61H61N5O5. The van der Waals surface area contributed by atoms with Gasteiger partial charge in [-0.2, -0.15) is 0 Å². The molecule has 0 amide bonds. The van der Waals surface area contributed by atoms with Gasteiger partial charge in [-0.15, -0.1) is 17.9 Å². The maximum Gasteiger partial charge on any atom is 0.162 e. The largest absolute Gasteiger partial charge is 0.362 e. The lowest BCUT2D eigenvalue weighted by molar-refractivity contribution is -0.119. The number of hydrogen-bond acceptors (Lipinski definition) is 9. The van der Waals surface area contributed by atoms with Crippen molar-refractivity contribution in [3.8, 4) is 41.6 Å². The second-order valence-electron chi connectivity index (χ2n) is 20.0. The van der Waals surface area contributed by atoms with Crippen LogP contribution in [0.4, 0.5) is 0 Å². The van der Waals surface area contributed by atoms with E-state index < -0.39 is 0 Å². The molecule has 360 valence electrons. The average molecular weight is 944 g/mol. The second kappa shape index (κ2) is 21.4. The summed E-state index contributed by atoms with van der Waals surface area (Å²) in [6.07, 6.45) is 17.3. The molecule has 9 rings (SSSR count). The van der Waals surface area contributed by atoms with Crippen LogP contribution < -0.4 is 10.6 Å². The molecule has 0 fully saturated rings. The van der Waals surface area contributed by atoms with Gasteiger partial charge < -0.3 is 10.6 Å². The van der Waals surface area contributed by atoms with Gasteiger partial charge in [0.05, 0.1) is 11.9 Å². The maximum atomic E-state index is 13.4. The highest BCUT2D eigenvalue weighted by Gasteiger charge is 2.44. The normalized spacial score (nSPS) is 18.7. The van der Waals surface area contributed by atoms with Crippen molar-refractivity contribution in [1.82, 2.24) is 25.6 Å². The first-order chi connectivity index (χ1) is 33.9. The molecule has 0 saturated heterocycles. The Morgan fingerprint density at radius 3 is 1.51 bits per heavy atom. The van der Waals surface area contributed by atoms with Crippen molar-refractivity contribution >= 4 is 29.4 Å². The van der Waals surface area contributed by atoms with E-state index in [1.54, 1.807) is 42.8 Å². The molecule has 10 heteroatoms. The Hall–Kier alpha value is -7.95. The van der Waals surface area contributed by atoms with Crippen LogP contribution in [0.3, 0.4) is 0 Å². The molecule has 0 saturated carbocycles. The van der Waals surface area contributed by atoms with E-state index in [0.29, 0.717) is 36.0 Å². The average Bonchev–Trinajstić information content (AvgIpc) is 3.86. The van der Waals surface area contributed by atoms with Crippen LogP contribution in [0, 0.1) is 35.5 Å². The molecule has 2 aliphatic heterocycles. The van der Waals surface area contributed by atoms with Gasteiger partial charge in [0.2, 0.25) is 0 Å². The van der Waals surface area contributed by atoms with Gasteiger partial charge in [0.1, 0.15) is 12.0 Å².